The van der Waals surface area contributed by atoms with E-state index in [1.807, 2.05) is 17.5 Å². The van der Waals surface area contributed by atoms with Gasteiger partial charge in [0.05, 0.1) is 23.0 Å². The lowest BCUT2D eigenvalue weighted by Crippen LogP contribution is -2.09. The van der Waals surface area contributed by atoms with Gasteiger partial charge in [0.15, 0.2) is 0 Å². The first-order chi connectivity index (χ1) is 9.76. The van der Waals surface area contributed by atoms with E-state index in [-0.39, 0.29) is 6.04 Å². The summed E-state index contributed by atoms with van der Waals surface area (Å²) in [5.74, 6) is 1.06. The van der Waals surface area contributed by atoms with Crippen molar-refractivity contribution >= 4 is 34.0 Å². The van der Waals surface area contributed by atoms with Gasteiger partial charge in [0.1, 0.15) is 22.4 Å². The molecule has 0 fully saturated rings. The summed E-state index contributed by atoms with van der Waals surface area (Å²) in [5, 5.41) is 12.1. The second-order valence-electron chi connectivity index (χ2n) is 4.36. The average molecular weight is 303 g/mol. The third-order valence-corrected chi connectivity index (χ3v) is 4.41. The van der Waals surface area contributed by atoms with E-state index in [9.17, 15) is 5.26 Å². The van der Waals surface area contributed by atoms with E-state index >= 15 is 0 Å². The van der Waals surface area contributed by atoms with Crippen LogP contribution in [0.1, 0.15) is 29.4 Å². The number of rotatable bonds is 3. The van der Waals surface area contributed by atoms with E-state index in [1.54, 1.807) is 23.6 Å². The molecule has 0 bridgehead atoms. The fraction of sp³-hybridized carbons (Fsp3) is 0.214. The molecule has 0 radical (unpaired) electrons. The molecule has 0 aliphatic rings. The van der Waals surface area contributed by atoms with E-state index in [0.717, 1.165) is 16.3 Å². The maximum Gasteiger partial charge on any atom is 0.125 e. The number of para-hydroxylation sites is 1. The predicted molar refractivity (Wildman–Crippen MR) is 79.9 cm³/mol. The molecule has 0 aliphatic carbocycles. The van der Waals surface area contributed by atoms with Gasteiger partial charge in [0.2, 0.25) is 0 Å². The maximum absolute atomic E-state index is 9.19. The van der Waals surface area contributed by atoms with Gasteiger partial charge in [-0.15, -0.1) is 22.9 Å². The van der Waals surface area contributed by atoms with Crippen LogP contribution >= 0.6 is 22.9 Å². The minimum Gasteiger partial charge on any atom is -0.317 e. The Balaban J connectivity index is 2.27. The van der Waals surface area contributed by atoms with Gasteiger partial charge >= 0.3 is 0 Å². The Bertz CT molecular complexity index is 785. The number of nitriles is 1. The van der Waals surface area contributed by atoms with Crippen molar-refractivity contribution in [2.24, 2.45) is 0 Å². The van der Waals surface area contributed by atoms with Crippen molar-refractivity contribution in [3.05, 3.63) is 46.2 Å². The van der Waals surface area contributed by atoms with Crippen molar-refractivity contribution in [2.45, 2.75) is 18.8 Å². The molecule has 1 aromatic carbocycles. The molecule has 6 heteroatoms. The van der Waals surface area contributed by atoms with Crippen molar-refractivity contribution in [3.63, 3.8) is 0 Å². The SMILES string of the molecule is CC(c1nccs1)n1c(CCl)nc2c(C#N)cccc21. The minimum absolute atomic E-state index is 0.0442. The van der Waals surface area contributed by atoms with Crippen LogP contribution in [0.2, 0.25) is 0 Å². The van der Waals surface area contributed by atoms with Gasteiger partial charge in [-0.1, -0.05) is 6.07 Å². The number of hydrogen-bond donors (Lipinski definition) is 0. The van der Waals surface area contributed by atoms with Crippen LogP contribution in [0.15, 0.2) is 29.8 Å². The normalized spacial score (nSPS) is 12.4. The highest BCUT2D eigenvalue weighted by Gasteiger charge is 2.19. The largest absolute Gasteiger partial charge is 0.317 e. The predicted octanol–water partition coefficient (Wildman–Crippen LogP) is 3.71. The number of aromatic nitrogens is 3. The molecule has 0 aliphatic heterocycles. The lowest BCUT2D eigenvalue weighted by molar-refractivity contribution is 0.630. The third-order valence-electron chi connectivity index (χ3n) is 3.23. The fourth-order valence-electron chi connectivity index (χ4n) is 2.33. The van der Waals surface area contributed by atoms with Crippen LogP contribution in [0.25, 0.3) is 11.0 Å². The summed E-state index contributed by atoms with van der Waals surface area (Å²) in [6.07, 6.45) is 1.79. The summed E-state index contributed by atoms with van der Waals surface area (Å²) in [5.41, 5.74) is 2.19. The van der Waals surface area contributed by atoms with Gasteiger partial charge in [-0.25, -0.2) is 9.97 Å². The lowest BCUT2D eigenvalue weighted by Gasteiger charge is -2.14. The summed E-state index contributed by atoms with van der Waals surface area (Å²) in [6.45, 7) is 2.06. The van der Waals surface area contributed by atoms with Gasteiger partial charge in [0, 0.05) is 11.6 Å². The number of thiazole rings is 1. The first kappa shape index (κ1) is 13.1. The topological polar surface area (TPSA) is 54.5 Å². The molecule has 0 spiro atoms. The molecular weight excluding hydrogens is 292 g/mol. The zero-order chi connectivity index (χ0) is 14.1. The summed E-state index contributed by atoms with van der Waals surface area (Å²) in [6, 6.07) is 7.82. The summed E-state index contributed by atoms with van der Waals surface area (Å²) in [7, 11) is 0. The van der Waals surface area contributed by atoms with Crippen molar-refractivity contribution in [1.29, 1.82) is 5.26 Å². The first-order valence-corrected chi connectivity index (χ1v) is 7.53. The van der Waals surface area contributed by atoms with Crippen LogP contribution in [0.5, 0.6) is 0 Å². The molecule has 100 valence electrons. The molecule has 0 saturated carbocycles. The van der Waals surface area contributed by atoms with Gasteiger partial charge in [-0.3, -0.25) is 0 Å². The zero-order valence-electron chi connectivity index (χ0n) is 10.7. The summed E-state index contributed by atoms with van der Waals surface area (Å²) < 4.78 is 2.06. The molecule has 1 atom stereocenters. The Labute approximate surface area is 125 Å². The van der Waals surface area contributed by atoms with Crippen molar-refractivity contribution < 1.29 is 0 Å². The van der Waals surface area contributed by atoms with E-state index in [2.05, 4.69) is 27.5 Å². The van der Waals surface area contributed by atoms with Crippen molar-refractivity contribution in [3.8, 4) is 6.07 Å². The monoisotopic (exact) mass is 302 g/mol. The molecule has 0 amide bonds. The molecule has 0 N–H and O–H groups in total. The standard InChI is InChI=1S/C14H11ClN4S/c1-9(14-17-5-6-20-14)19-11-4-2-3-10(8-16)13(11)18-12(19)7-15/h2-6,9H,7H2,1H3. The molecule has 2 aromatic heterocycles. The number of hydrogen-bond acceptors (Lipinski definition) is 4. The lowest BCUT2D eigenvalue weighted by atomic mass is 10.2. The molecule has 3 aromatic rings. The molecular formula is C14H11ClN4S. The number of nitrogens with zero attached hydrogens (tertiary/aromatic N) is 4. The Morgan fingerprint density at radius 1 is 1.50 bits per heavy atom. The Kier molecular flexibility index (Phi) is 3.43. The second kappa shape index (κ2) is 5.23. The van der Waals surface area contributed by atoms with Crippen LogP contribution in [-0.2, 0) is 5.88 Å². The van der Waals surface area contributed by atoms with Crippen LogP contribution in [0.4, 0.5) is 0 Å². The van der Waals surface area contributed by atoms with Crippen molar-refractivity contribution in [1.82, 2.24) is 14.5 Å². The molecule has 0 saturated heterocycles. The van der Waals surface area contributed by atoms with E-state index in [0.29, 0.717) is 17.0 Å². The highest BCUT2D eigenvalue weighted by Crippen LogP contribution is 2.29. The number of fused-ring (bicyclic) bond motifs is 1. The zero-order valence-corrected chi connectivity index (χ0v) is 12.3. The van der Waals surface area contributed by atoms with E-state index in [4.69, 9.17) is 11.6 Å². The van der Waals surface area contributed by atoms with Gasteiger partial charge < -0.3 is 4.57 Å². The third kappa shape index (κ3) is 1.98. The Morgan fingerprint density at radius 2 is 2.35 bits per heavy atom. The molecule has 1 unspecified atom stereocenters. The van der Waals surface area contributed by atoms with Crippen LogP contribution < -0.4 is 0 Å². The van der Waals surface area contributed by atoms with Gasteiger partial charge in [-0.05, 0) is 19.1 Å². The van der Waals surface area contributed by atoms with Crippen LogP contribution in [-0.4, -0.2) is 14.5 Å². The number of alkyl halides is 1. The maximum atomic E-state index is 9.19. The van der Waals surface area contributed by atoms with Crippen molar-refractivity contribution in [2.75, 3.05) is 0 Å². The quantitative estimate of drug-likeness (QED) is 0.693. The number of benzene rings is 1. The molecule has 3 rings (SSSR count). The summed E-state index contributed by atoms with van der Waals surface area (Å²) >= 11 is 7.62. The number of imidazole rings is 1. The smallest absolute Gasteiger partial charge is 0.125 e. The first-order valence-electron chi connectivity index (χ1n) is 6.11. The van der Waals surface area contributed by atoms with E-state index < -0.39 is 0 Å². The fourth-order valence-corrected chi connectivity index (χ4v) is 3.21. The molecule has 4 nitrogen and oxygen atoms in total. The Morgan fingerprint density at radius 3 is 3.00 bits per heavy atom. The van der Waals surface area contributed by atoms with Crippen LogP contribution in [0.3, 0.4) is 0 Å². The van der Waals surface area contributed by atoms with E-state index in [1.165, 1.54) is 0 Å². The number of halogens is 1. The van der Waals surface area contributed by atoms with Gasteiger partial charge in [0.25, 0.3) is 0 Å². The highest BCUT2D eigenvalue weighted by molar-refractivity contribution is 7.09. The molecule has 2 heterocycles. The molecule has 20 heavy (non-hydrogen) atoms. The Hall–Kier alpha value is -1.90. The highest BCUT2D eigenvalue weighted by atomic mass is 35.5. The average Bonchev–Trinajstić information content (AvgIpc) is 3.12. The van der Waals surface area contributed by atoms with Gasteiger partial charge in [-0.2, -0.15) is 5.26 Å². The van der Waals surface area contributed by atoms with Crippen LogP contribution in [0, 0.1) is 11.3 Å². The second-order valence-corrected chi connectivity index (χ2v) is 5.56. The minimum atomic E-state index is 0.0442. The summed E-state index contributed by atoms with van der Waals surface area (Å²) in [4.78, 5) is 8.88.